The molecule has 0 unspecified atom stereocenters. The average Bonchev–Trinajstić information content (AvgIpc) is 3.12. The molecule has 0 saturated carbocycles. The molecule has 0 radical (unpaired) electrons. The van der Waals surface area contributed by atoms with Gasteiger partial charge in [-0.3, -0.25) is 49.5 Å². The maximum Gasteiger partial charge on any atom is 0.246 e. The number of allylic oxidation sites excluding steroid dienone is 1. The molecule has 300 valence electrons. The average molecular weight is 742 g/mol. The molecule has 0 spiro atoms. The Labute approximate surface area is 310 Å². The van der Waals surface area contributed by atoms with Gasteiger partial charge in [0.1, 0.15) is 0 Å². The lowest BCUT2D eigenvalue weighted by Gasteiger charge is -2.19. The third-order valence-electron chi connectivity index (χ3n) is 8.22. The number of amides is 6. The third kappa shape index (κ3) is 28.9. The lowest BCUT2D eigenvalue weighted by atomic mass is 10.2. The summed E-state index contributed by atoms with van der Waals surface area (Å²) in [5, 5.41) is 43.3. The molecule has 0 aliphatic heterocycles. The highest BCUT2D eigenvalue weighted by atomic mass is 16.5. The summed E-state index contributed by atoms with van der Waals surface area (Å²) in [7, 11) is 0. The Hall–Kier alpha value is -3.76. The molecule has 0 aliphatic rings. The highest BCUT2D eigenvalue weighted by molar-refractivity contribution is 5.83. The van der Waals surface area contributed by atoms with E-state index >= 15 is 0 Å². The lowest BCUT2D eigenvalue weighted by Crippen LogP contribution is -2.31. The van der Waals surface area contributed by atoms with Crippen LogP contribution in [0.1, 0.15) is 136 Å². The number of unbranched alkanes of at least 4 members (excludes halogenated alkanes) is 9. The molecule has 0 aromatic carbocycles. The van der Waals surface area contributed by atoms with Crippen LogP contribution in [0.5, 0.6) is 0 Å². The van der Waals surface area contributed by atoms with Crippen LogP contribution in [0, 0.1) is 0 Å². The van der Waals surface area contributed by atoms with Crippen LogP contribution in [0.15, 0.2) is 12.3 Å². The topological polar surface area (TPSA) is 221 Å². The molecule has 16 nitrogen and oxygen atoms in total. The fraction of sp³-hybridized carbons (Fsp3) is 0.778. The molecular weight excluding hydrogens is 674 g/mol. The van der Waals surface area contributed by atoms with Crippen molar-refractivity contribution in [1.82, 2.24) is 36.5 Å². The van der Waals surface area contributed by atoms with Crippen molar-refractivity contribution in [3.63, 3.8) is 0 Å². The van der Waals surface area contributed by atoms with E-state index in [4.69, 9.17) is 0 Å². The van der Waals surface area contributed by atoms with Gasteiger partial charge in [0.2, 0.25) is 35.4 Å². The fourth-order valence-corrected chi connectivity index (χ4v) is 4.95. The maximum atomic E-state index is 12.2. The fourth-order valence-electron chi connectivity index (χ4n) is 4.95. The number of hydrogen-bond acceptors (Lipinski definition) is 10. The second kappa shape index (κ2) is 31.9. The minimum Gasteiger partial charge on any atom is -0.356 e. The first-order valence-electron chi connectivity index (χ1n) is 19.0. The molecule has 0 saturated heterocycles. The van der Waals surface area contributed by atoms with Crippen molar-refractivity contribution in [2.24, 2.45) is 0 Å². The van der Waals surface area contributed by atoms with Crippen LogP contribution < -0.4 is 21.3 Å². The van der Waals surface area contributed by atoms with Gasteiger partial charge in [-0.1, -0.05) is 32.8 Å². The van der Waals surface area contributed by atoms with Crippen LogP contribution in [0.3, 0.4) is 0 Å². The molecule has 0 heterocycles. The molecule has 0 aromatic rings. The van der Waals surface area contributed by atoms with E-state index in [9.17, 15) is 44.4 Å². The molecule has 0 bridgehead atoms. The van der Waals surface area contributed by atoms with E-state index in [1.165, 1.54) is 6.92 Å². The van der Waals surface area contributed by atoms with Gasteiger partial charge >= 0.3 is 0 Å². The Morgan fingerprint density at radius 3 is 1.21 bits per heavy atom. The molecule has 0 rings (SSSR count). The van der Waals surface area contributed by atoms with Gasteiger partial charge < -0.3 is 21.3 Å². The SMILES string of the molecule is C=C(CCC(=O)NCCCCCNC(C)=O)N(O)CCCCCNC(=O)CCC(=O)N(O)CCCCCNC(=O)CCC(=O)N(O)CCCCCC. The molecule has 52 heavy (non-hydrogen) atoms. The summed E-state index contributed by atoms with van der Waals surface area (Å²) in [4.78, 5) is 71.0. The summed E-state index contributed by atoms with van der Waals surface area (Å²) in [5.41, 5.74) is 0.454. The summed E-state index contributed by atoms with van der Waals surface area (Å²) < 4.78 is 0. The quantitative estimate of drug-likeness (QED) is 0.0295. The van der Waals surface area contributed by atoms with Gasteiger partial charge in [0.25, 0.3) is 0 Å². The van der Waals surface area contributed by atoms with Gasteiger partial charge in [-0.25, -0.2) is 10.1 Å². The number of rotatable bonds is 33. The summed E-state index contributed by atoms with van der Waals surface area (Å²) in [6.45, 7) is 10.1. The van der Waals surface area contributed by atoms with Crippen LogP contribution in [-0.2, 0) is 28.8 Å². The summed E-state index contributed by atoms with van der Waals surface area (Å²) in [5.74, 6) is -1.75. The predicted octanol–water partition coefficient (Wildman–Crippen LogP) is 3.54. The first kappa shape index (κ1) is 48.2. The predicted molar refractivity (Wildman–Crippen MR) is 196 cm³/mol. The van der Waals surface area contributed by atoms with E-state index in [-0.39, 0.29) is 68.8 Å². The first-order chi connectivity index (χ1) is 24.9. The smallest absolute Gasteiger partial charge is 0.246 e. The minimum absolute atomic E-state index is 0.00718. The van der Waals surface area contributed by atoms with Crippen molar-refractivity contribution < 1.29 is 44.4 Å². The Morgan fingerprint density at radius 2 is 0.808 bits per heavy atom. The summed E-state index contributed by atoms with van der Waals surface area (Å²) in [6.07, 6.45) is 10.5. The second-order valence-electron chi connectivity index (χ2n) is 13.0. The van der Waals surface area contributed by atoms with Gasteiger partial charge in [-0.15, -0.1) is 0 Å². The molecule has 0 atom stereocenters. The zero-order chi connectivity index (χ0) is 39.0. The Morgan fingerprint density at radius 1 is 0.462 bits per heavy atom. The highest BCUT2D eigenvalue weighted by Crippen LogP contribution is 2.09. The van der Waals surface area contributed by atoms with E-state index in [1.54, 1.807) is 0 Å². The van der Waals surface area contributed by atoms with Crippen molar-refractivity contribution in [2.45, 2.75) is 136 Å². The van der Waals surface area contributed by atoms with E-state index < -0.39 is 11.8 Å². The molecule has 0 aliphatic carbocycles. The van der Waals surface area contributed by atoms with Crippen molar-refractivity contribution in [3.8, 4) is 0 Å². The third-order valence-corrected chi connectivity index (χ3v) is 8.22. The van der Waals surface area contributed by atoms with E-state index in [2.05, 4.69) is 34.8 Å². The molecule has 0 aromatic heterocycles. The van der Waals surface area contributed by atoms with Crippen LogP contribution in [-0.4, -0.2) is 112 Å². The largest absolute Gasteiger partial charge is 0.356 e. The van der Waals surface area contributed by atoms with Gasteiger partial charge in [-0.05, 0) is 70.6 Å². The van der Waals surface area contributed by atoms with Gasteiger partial charge in [0.15, 0.2) is 0 Å². The molecule has 6 amide bonds. The number of hydroxylamine groups is 6. The van der Waals surface area contributed by atoms with Crippen molar-refractivity contribution >= 4 is 35.4 Å². The Kier molecular flexibility index (Phi) is 29.6. The van der Waals surface area contributed by atoms with Gasteiger partial charge in [0.05, 0.1) is 0 Å². The monoisotopic (exact) mass is 742 g/mol. The lowest BCUT2D eigenvalue weighted by molar-refractivity contribution is -0.166. The normalized spacial score (nSPS) is 10.6. The summed E-state index contributed by atoms with van der Waals surface area (Å²) >= 11 is 0. The van der Waals surface area contributed by atoms with Crippen LogP contribution in [0.2, 0.25) is 0 Å². The zero-order valence-corrected chi connectivity index (χ0v) is 31.7. The second-order valence-corrected chi connectivity index (χ2v) is 13.0. The highest BCUT2D eigenvalue weighted by Gasteiger charge is 2.14. The number of nitrogens with one attached hydrogen (secondary N) is 4. The van der Waals surface area contributed by atoms with Gasteiger partial charge in [0, 0.05) is 90.5 Å². The van der Waals surface area contributed by atoms with E-state index in [1.807, 2.05) is 0 Å². The van der Waals surface area contributed by atoms with Crippen LogP contribution in [0.25, 0.3) is 0 Å². The maximum absolute atomic E-state index is 12.2. The van der Waals surface area contributed by atoms with Crippen LogP contribution >= 0.6 is 0 Å². The molecular formula is C36H67N7O9. The van der Waals surface area contributed by atoms with E-state index in [0.717, 1.165) is 56.4 Å². The molecule has 7 N–H and O–H groups in total. The molecule has 16 heteroatoms. The number of nitrogens with zero attached hydrogens (tertiary/aromatic N) is 3. The zero-order valence-electron chi connectivity index (χ0n) is 31.7. The number of hydrogen-bond donors (Lipinski definition) is 7. The Bertz CT molecular complexity index is 1060. The van der Waals surface area contributed by atoms with Crippen molar-refractivity contribution in [1.29, 1.82) is 0 Å². The van der Waals surface area contributed by atoms with E-state index in [0.29, 0.717) is 87.1 Å². The number of carbonyl (C=O) groups is 6. The minimum atomic E-state index is -0.549. The van der Waals surface area contributed by atoms with Gasteiger partial charge in [-0.2, -0.15) is 0 Å². The summed E-state index contributed by atoms with van der Waals surface area (Å²) in [6, 6.07) is 0. The number of carbonyl (C=O) groups excluding carboxylic acids is 6. The first-order valence-corrected chi connectivity index (χ1v) is 19.0. The van der Waals surface area contributed by atoms with Crippen molar-refractivity contribution in [2.75, 3.05) is 45.8 Å². The standard InChI is InChI=1S/C36H67N7O9/c1-4-5-6-14-28-42(51)35(48)21-19-34(47)40-26-13-9-16-29-43(52)36(49)22-20-33(46)39-25-12-8-15-27-41(50)30(2)17-18-32(45)38-24-11-7-10-23-37-31(3)44/h50-52H,2,4-29H2,1,3H3,(H,37,44)(H,38,45)(H,39,46)(H,40,47). The van der Waals surface area contributed by atoms with Crippen LogP contribution in [0.4, 0.5) is 0 Å². The van der Waals surface area contributed by atoms with Crippen molar-refractivity contribution in [3.05, 3.63) is 12.3 Å². The Balaban J connectivity index is 3.80. The molecule has 0 fully saturated rings.